The van der Waals surface area contributed by atoms with Gasteiger partial charge in [-0.05, 0) is 35.8 Å². The van der Waals surface area contributed by atoms with E-state index in [1.165, 1.54) is 43.2 Å². The Kier molecular flexibility index (Phi) is 9.30. The first-order valence-electron chi connectivity index (χ1n) is 12.1. The topological polar surface area (TPSA) is 40.5 Å². The van der Waals surface area contributed by atoms with Crippen LogP contribution < -0.4 is 0 Å². The first-order valence-corrected chi connectivity index (χ1v) is 12.1. The molecule has 0 heterocycles. The number of rotatable bonds is 11. The van der Waals surface area contributed by atoms with E-state index in [1.54, 1.807) is 0 Å². The smallest absolute Gasteiger partial charge is 0.178 e. The quantitative estimate of drug-likeness (QED) is 0.483. The summed E-state index contributed by atoms with van der Waals surface area (Å²) in [5, 5.41) is 10.8. The number of nitrogens with zero attached hydrogens (tertiary/aromatic N) is 1. The highest BCUT2D eigenvalue weighted by Gasteiger charge is 2.33. The van der Waals surface area contributed by atoms with Crippen LogP contribution in [0.15, 0.2) is 60.7 Å². The average Bonchev–Trinajstić information content (AvgIpc) is 2.78. The van der Waals surface area contributed by atoms with Crippen molar-refractivity contribution >= 4 is 5.78 Å². The molecule has 3 heteroatoms. The van der Waals surface area contributed by atoms with E-state index < -0.39 is 6.10 Å². The predicted octanol–water partition coefficient (Wildman–Crippen LogP) is 6.00. The van der Waals surface area contributed by atoms with Gasteiger partial charge in [0.2, 0.25) is 0 Å². The van der Waals surface area contributed by atoms with Gasteiger partial charge in [-0.1, -0.05) is 107 Å². The summed E-state index contributed by atoms with van der Waals surface area (Å²) in [7, 11) is 0. The van der Waals surface area contributed by atoms with Crippen LogP contribution in [-0.4, -0.2) is 27.9 Å². The number of carbonyl (C=O) groups excluding carboxylic acids is 1. The summed E-state index contributed by atoms with van der Waals surface area (Å²) < 4.78 is 0. The molecule has 0 saturated heterocycles. The Hall–Kier alpha value is -1.97. The standard InChI is InChI=1S/C28H39NO2/c1-22(2)18-27(30)28(31)26(19-23-12-6-3-7-13-23)29(20-24-14-8-4-9-15-24)21-25-16-10-5-11-17-25/h4-5,8-11,14-17,22-23,26-27,30H,3,6-7,12-13,18-21H2,1-2H3/t26-,27-/m0/s1. The number of hydrogen-bond donors (Lipinski definition) is 1. The molecule has 31 heavy (non-hydrogen) atoms. The number of aliphatic hydroxyl groups is 1. The fraction of sp³-hybridized carbons (Fsp3) is 0.536. The molecule has 0 radical (unpaired) electrons. The number of Topliss-reactive ketones (excluding diaryl/α,β-unsaturated/α-hetero) is 1. The van der Waals surface area contributed by atoms with Crippen molar-refractivity contribution < 1.29 is 9.90 Å². The molecule has 2 aromatic carbocycles. The van der Waals surface area contributed by atoms with Crippen LogP contribution in [0.3, 0.4) is 0 Å². The van der Waals surface area contributed by atoms with Gasteiger partial charge < -0.3 is 5.11 Å². The van der Waals surface area contributed by atoms with E-state index in [0.29, 0.717) is 31.3 Å². The number of aliphatic hydroxyl groups excluding tert-OH is 1. The van der Waals surface area contributed by atoms with Crippen LogP contribution in [0, 0.1) is 11.8 Å². The number of benzene rings is 2. The Balaban J connectivity index is 1.87. The maximum absolute atomic E-state index is 13.6. The Morgan fingerprint density at radius 1 is 0.903 bits per heavy atom. The second-order valence-electron chi connectivity index (χ2n) is 9.68. The van der Waals surface area contributed by atoms with E-state index in [1.807, 2.05) is 12.1 Å². The van der Waals surface area contributed by atoms with Crippen molar-refractivity contribution in [3.8, 4) is 0 Å². The van der Waals surface area contributed by atoms with Crippen molar-refractivity contribution in [2.75, 3.05) is 0 Å². The van der Waals surface area contributed by atoms with Crippen LogP contribution >= 0.6 is 0 Å². The molecule has 1 fully saturated rings. The van der Waals surface area contributed by atoms with Gasteiger partial charge in [0.05, 0.1) is 6.04 Å². The largest absolute Gasteiger partial charge is 0.385 e. The van der Waals surface area contributed by atoms with Crippen molar-refractivity contribution in [3.05, 3.63) is 71.8 Å². The van der Waals surface area contributed by atoms with E-state index in [9.17, 15) is 9.90 Å². The highest BCUT2D eigenvalue weighted by Crippen LogP contribution is 2.31. The molecule has 1 saturated carbocycles. The van der Waals surface area contributed by atoms with Gasteiger partial charge in [-0.3, -0.25) is 9.69 Å². The van der Waals surface area contributed by atoms with E-state index in [0.717, 1.165) is 6.42 Å². The molecule has 0 aliphatic heterocycles. The van der Waals surface area contributed by atoms with Crippen LogP contribution in [0.5, 0.6) is 0 Å². The normalized spacial score (nSPS) is 17.1. The van der Waals surface area contributed by atoms with Crippen molar-refractivity contribution in [1.29, 1.82) is 0 Å². The zero-order valence-corrected chi connectivity index (χ0v) is 19.2. The maximum Gasteiger partial charge on any atom is 0.178 e. The molecule has 0 unspecified atom stereocenters. The predicted molar refractivity (Wildman–Crippen MR) is 128 cm³/mol. The molecule has 2 aromatic rings. The lowest BCUT2D eigenvalue weighted by molar-refractivity contribution is -0.134. The lowest BCUT2D eigenvalue weighted by Crippen LogP contribution is -2.46. The Morgan fingerprint density at radius 3 is 1.90 bits per heavy atom. The van der Waals surface area contributed by atoms with Gasteiger partial charge in [0.1, 0.15) is 6.10 Å². The molecule has 0 amide bonds. The minimum absolute atomic E-state index is 0.00568. The third-order valence-corrected chi connectivity index (χ3v) is 6.53. The molecule has 0 spiro atoms. The molecule has 2 atom stereocenters. The lowest BCUT2D eigenvalue weighted by Gasteiger charge is -2.35. The van der Waals surface area contributed by atoms with Crippen molar-refractivity contribution in [3.63, 3.8) is 0 Å². The Morgan fingerprint density at radius 2 is 1.42 bits per heavy atom. The summed E-state index contributed by atoms with van der Waals surface area (Å²) in [6.07, 6.45) is 6.74. The molecule has 3 rings (SSSR count). The van der Waals surface area contributed by atoms with Gasteiger partial charge in [0.15, 0.2) is 5.78 Å². The molecule has 1 aliphatic carbocycles. The summed E-state index contributed by atoms with van der Waals surface area (Å²) >= 11 is 0. The Labute approximate surface area is 188 Å². The third kappa shape index (κ3) is 7.59. The summed E-state index contributed by atoms with van der Waals surface area (Å²) in [6.45, 7) is 5.57. The molecule has 168 valence electrons. The molecular formula is C28H39NO2. The molecule has 0 aromatic heterocycles. The van der Waals surface area contributed by atoms with Crippen LogP contribution in [0.4, 0.5) is 0 Å². The second-order valence-corrected chi connectivity index (χ2v) is 9.68. The third-order valence-electron chi connectivity index (χ3n) is 6.53. The van der Waals surface area contributed by atoms with Gasteiger partial charge in [-0.25, -0.2) is 0 Å². The first-order chi connectivity index (χ1) is 15.0. The molecule has 1 N–H and O–H groups in total. The fourth-order valence-electron chi connectivity index (χ4n) is 4.88. The van der Waals surface area contributed by atoms with E-state index in [4.69, 9.17) is 0 Å². The first kappa shape index (κ1) is 23.7. The SMILES string of the molecule is CC(C)C[C@H](O)C(=O)[C@H](CC1CCCCC1)N(Cc1ccccc1)Cc1ccccc1. The lowest BCUT2D eigenvalue weighted by atomic mass is 9.82. The number of ketones is 1. The molecular weight excluding hydrogens is 382 g/mol. The molecule has 0 bridgehead atoms. The van der Waals surface area contributed by atoms with Crippen LogP contribution in [-0.2, 0) is 17.9 Å². The second kappa shape index (κ2) is 12.2. The minimum Gasteiger partial charge on any atom is -0.385 e. The Bertz CT molecular complexity index is 727. The van der Waals surface area contributed by atoms with Crippen LogP contribution in [0.1, 0.15) is 69.9 Å². The zero-order chi connectivity index (χ0) is 22.1. The van der Waals surface area contributed by atoms with Crippen LogP contribution in [0.25, 0.3) is 0 Å². The minimum atomic E-state index is -0.886. The number of hydrogen-bond acceptors (Lipinski definition) is 3. The van der Waals surface area contributed by atoms with Gasteiger partial charge in [-0.15, -0.1) is 0 Å². The van der Waals surface area contributed by atoms with Crippen LogP contribution in [0.2, 0.25) is 0 Å². The van der Waals surface area contributed by atoms with Crippen molar-refractivity contribution in [2.45, 2.75) is 84.0 Å². The summed E-state index contributed by atoms with van der Waals surface area (Å²) in [4.78, 5) is 15.9. The van der Waals surface area contributed by atoms with Crippen molar-refractivity contribution in [2.24, 2.45) is 11.8 Å². The van der Waals surface area contributed by atoms with Crippen molar-refractivity contribution in [1.82, 2.24) is 4.90 Å². The van der Waals surface area contributed by atoms with E-state index in [2.05, 4.69) is 67.3 Å². The summed E-state index contributed by atoms with van der Waals surface area (Å²) in [6, 6.07) is 20.6. The molecule has 1 aliphatic rings. The average molecular weight is 422 g/mol. The summed E-state index contributed by atoms with van der Waals surface area (Å²) in [5.41, 5.74) is 2.41. The van der Waals surface area contributed by atoms with E-state index >= 15 is 0 Å². The van der Waals surface area contributed by atoms with Gasteiger partial charge in [-0.2, -0.15) is 0 Å². The van der Waals surface area contributed by atoms with Gasteiger partial charge >= 0.3 is 0 Å². The number of carbonyl (C=O) groups is 1. The van der Waals surface area contributed by atoms with E-state index in [-0.39, 0.29) is 11.8 Å². The van der Waals surface area contributed by atoms with Gasteiger partial charge in [0.25, 0.3) is 0 Å². The highest BCUT2D eigenvalue weighted by molar-refractivity contribution is 5.88. The summed E-state index contributed by atoms with van der Waals surface area (Å²) in [5.74, 6) is 0.875. The van der Waals surface area contributed by atoms with Gasteiger partial charge in [0, 0.05) is 13.1 Å². The zero-order valence-electron chi connectivity index (χ0n) is 19.2. The fourth-order valence-corrected chi connectivity index (χ4v) is 4.88. The molecule has 3 nitrogen and oxygen atoms in total. The monoisotopic (exact) mass is 421 g/mol. The highest BCUT2D eigenvalue weighted by atomic mass is 16.3. The maximum atomic E-state index is 13.6.